The van der Waals surface area contributed by atoms with Gasteiger partial charge >= 0.3 is 0 Å². The van der Waals surface area contributed by atoms with E-state index in [0.29, 0.717) is 19.6 Å². The molecule has 3 aromatic rings. The molecule has 1 fully saturated rings. The van der Waals surface area contributed by atoms with Gasteiger partial charge in [0.25, 0.3) is 0 Å². The van der Waals surface area contributed by atoms with E-state index in [2.05, 4.69) is 10.4 Å². The Morgan fingerprint density at radius 3 is 2.68 bits per heavy atom. The van der Waals surface area contributed by atoms with Crippen LogP contribution in [0.1, 0.15) is 23.3 Å². The van der Waals surface area contributed by atoms with Crippen molar-refractivity contribution >= 4 is 11.8 Å². The number of benzene rings is 1. The van der Waals surface area contributed by atoms with Crippen molar-refractivity contribution < 1.29 is 14.0 Å². The van der Waals surface area contributed by atoms with Crippen LogP contribution in [-0.4, -0.2) is 33.0 Å². The Morgan fingerprint density at radius 1 is 1.14 bits per heavy atom. The molecular weight excluding hydrogens is 356 g/mol. The molecule has 28 heavy (non-hydrogen) atoms. The third-order valence-corrected chi connectivity index (χ3v) is 4.91. The van der Waals surface area contributed by atoms with Crippen LogP contribution in [0.5, 0.6) is 0 Å². The first kappa shape index (κ1) is 18.0. The maximum absolute atomic E-state index is 12.5. The van der Waals surface area contributed by atoms with E-state index in [1.807, 2.05) is 47.3 Å². The molecule has 1 saturated heterocycles. The molecule has 7 nitrogen and oxygen atoms in total. The van der Waals surface area contributed by atoms with Gasteiger partial charge in [0.2, 0.25) is 11.8 Å². The van der Waals surface area contributed by atoms with Crippen molar-refractivity contribution in [2.24, 2.45) is 5.92 Å². The van der Waals surface area contributed by atoms with Crippen LogP contribution in [0.4, 0.5) is 0 Å². The molecule has 1 N–H and O–H groups in total. The Morgan fingerprint density at radius 2 is 1.96 bits per heavy atom. The number of rotatable bonds is 7. The lowest BCUT2D eigenvalue weighted by molar-refractivity contribution is -0.129. The highest BCUT2D eigenvalue weighted by Crippen LogP contribution is 2.20. The first-order valence-corrected chi connectivity index (χ1v) is 9.30. The molecule has 1 atom stereocenters. The van der Waals surface area contributed by atoms with Gasteiger partial charge in [-0.05, 0) is 29.3 Å². The first-order valence-electron chi connectivity index (χ1n) is 9.30. The van der Waals surface area contributed by atoms with Gasteiger partial charge < -0.3 is 14.6 Å². The fourth-order valence-electron chi connectivity index (χ4n) is 3.37. The maximum atomic E-state index is 12.5. The second kappa shape index (κ2) is 8.12. The van der Waals surface area contributed by atoms with Gasteiger partial charge in [0, 0.05) is 31.9 Å². The lowest BCUT2D eigenvalue weighted by Gasteiger charge is -2.15. The highest BCUT2D eigenvalue weighted by molar-refractivity contribution is 5.89. The SMILES string of the molecule is O=C(NCc1ccc(Cn2cccn2)cc1)[C@@H]1CC(=O)N(Cc2ccco2)C1. The first-order chi connectivity index (χ1) is 13.7. The number of aromatic nitrogens is 2. The molecular formula is C21H22N4O3. The summed E-state index contributed by atoms with van der Waals surface area (Å²) in [5, 5.41) is 7.14. The highest BCUT2D eigenvalue weighted by Gasteiger charge is 2.34. The molecule has 0 spiro atoms. The van der Waals surface area contributed by atoms with E-state index in [4.69, 9.17) is 4.42 Å². The molecule has 0 radical (unpaired) electrons. The van der Waals surface area contributed by atoms with Crippen molar-refractivity contribution in [1.29, 1.82) is 0 Å². The molecule has 0 saturated carbocycles. The van der Waals surface area contributed by atoms with Crippen LogP contribution in [0.15, 0.2) is 65.5 Å². The smallest absolute Gasteiger partial charge is 0.225 e. The topological polar surface area (TPSA) is 80.4 Å². The number of nitrogens with one attached hydrogen (secondary N) is 1. The molecule has 144 valence electrons. The number of amides is 2. The number of carbonyl (C=O) groups is 2. The van der Waals surface area contributed by atoms with Gasteiger partial charge in [-0.1, -0.05) is 24.3 Å². The standard InChI is InChI=1S/C21H22N4O3/c26-20-11-18(14-24(20)15-19-3-1-10-28-19)21(27)22-12-16-4-6-17(7-5-16)13-25-9-2-8-23-25/h1-10,18H,11-15H2,(H,22,27)/t18-/m1/s1. The van der Waals surface area contributed by atoms with Crippen molar-refractivity contribution in [3.8, 4) is 0 Å². The van der Waals surface area contributed by atoms with Gasteiger partial charge in [0.15, 0.2) is 0 Å². The number of hydrogen-bond donors (Lipinski definition) is 1. The Bertz CT molecular complexity index is 917. The summed E-state index contributed by atoms with van der Waals surface area (Å²) in [6, 6.07) is 13.6. The molecule has 2 aromatic heterocycles. The Kier molecular flexibility index (Phi) is 5.23. The normalized spacial score (nSPS) is 16.5. The third-order valence-electron chi connectivity index (χ3n) is 4.91. The van der Waals surface area contributed by atoms with Crippen LogP contribution in [0.2, 0.25) is 0 Å². The zero-order chi connectivity index (χ0) is 19.3. The average Bonchev–Trinajstić information content (AvgIpc) is 3.45. The van der Waals surface area contributed by atoms with Crippen molar-refractivity contribution in [2.75, 3.05) is 6.54 Å². The Labute approximate surface area is 162 Å². The van der Waals surface area contributed by atoms with Crippen molar-refractivity contribution in [3.63, 3.8) is 0 Å². The summed E-state index contributed by atoms with van der Waals surface area (Å²) in [4.78, 5) is 26.3. The zero-order valence-corrected chi connectivity index (χ0v) is 15.5. The summed E-state index contributed by atoms with van der Waals surface area (Å²) in [7, 11) is 0. The fourth-order valence-corrected chi connectivity index (χ4v) is 3.37. The minimum absolute atomic E-state index is 0.0143. The molecule has 0 bridgehead atoms. The molecule has 0 aliphatic carbocycles. The average molecular weight is 378 g/mol. The van der Waals surface area contributed by atoms with Crippen LogP contribution >= 0.6 is 0 Å². The van der Waals surface area contributed by atoms with Gasteiger partial charge in [-0.2, -0.15) is 5.10 Å². The molecule has 2 amide bonds. The van der Waals surface area contributed by atoms with E-state index >= 15 is 0 Å². The van der Waals surface area contributed by atoms with E-state index in [1.165, 1.54) is 0 Å². The Hall–Kier alpha value is -3.35. The number of hydrogen-bond acceptors (Lipinski definition) is 4. The van der Waals surface area contributed by atoms with E-state index in [9.17, 15) is 9.59 Å². The van der Waals surface area contributed by atoms with Crippen molar-refractivity contribution in [1.82, 2.24) is 20.0 Å². The van der Waals surface area contributed by atoms with Gasteiger partial charge in [0.1, 0.15) is 5.76 Å². The number of carbonyl (C=O) groups excluding carboxylic acids is 2. The molecule has 0 unspecified atom stereocenters. The van der Waals surface area contributed by atoms with Crippen molar-refractivity contribution in [3.05, 3.63) is 78.0 Å². The molecule has 1 aliphatic heterocycles. The highest BCUT2D eigenvalue weighted by atomic mass is 16.3. The number of nitrogens with zero attached hydrogens (tertiary/aromatic N) is 3. The molecule has 1 aromatic carbocycles. The monoisotopic (exact) mass is 378 g/mol. The summed E-state index contributed by atoms with van der Waals surface area (Å²) in [6.45, 7) is 2.00. The zero-order valence-electron chi connectivity index (χ0n) is 15.5. The Balaban J connectivity index is 1.26. The van der Waals surface area contributed by atoms with E-state index in [-0.39, 0.29) is 24.2 Å². The van der Waals surface area contributed by atoms with E-state index in [1.54, 1.807) is 23.4 Å². The predicted molar refractivity (Wildman–Crippen MR) is 102 cm³/mol. The van der Waals surface area contributed by atoms with Gasteiger partial charge in [0.05, 0.1) is 25.3 Å². The minimum atomic E-state index is -0.318. The van der Waals surface area contributed by atoms with Crippen LogP contribution in [0.3, 0.4) is 0 Å². The van der Waals surface area contributed by atoms with E-state index in [0.717, 1.165) is 23.4 Å². The van der Waals surface area contributed by atoms with Crippen LogP contribution in [0, 0.1) is 5.92 Å². The summed E-state index contributed by atoms with van der Waals surface area (Å²) in [6.07, 6.45) is 5.51. The van der Waals surface area contributed by atoms with Crippen LogP contribution in [0.25, 0.3) is 0 Å². The number of furan rings is 1. The van der Waals surface area contributed by atoms with Gasteiger partial charge in [-0.25, -0.2) is 0 Å². The van der Waals surface area contributed by atoms with E-state index < -0.39 is 0 Å². The largest absolute Gasteiger partial charge is 0.467 e. The molecule has 3 heterocycles. The quantitative estimate of drug-likeness (QED) is 0.683. The molecule has 1 aliphatic rings. The maximum Gasteiger partial charge on any atom is 0.225 e. The predicted octanol–water partition coefficient (Wildman–Crippen LogP) is 2.19. The summed E-state index contributed by atoms with van der Waals surface area (Å²) >= 11 is 0. The van der Waals surface area contributed by atoms with Crippen LogP contribution in [-0.2, 0) is 29.2 Å². The lowest BCUT2D eigenvalue weighted by atomic mass is 10.1. The lowest BCUT2D eigenvalue weighted by Crippen LogP contribution is -2.32. The fraction of sp³-hybridized carbons (Fsp3) is 0.286. The second-order valence-corrected chi connectivity index (χ2v) is 6.99. The molecule has 7 heteroatoms. The minimum Gasteiger partial charge on any atom is -0.467 e. The molecule has 4 rings (SSSR count). The number of likely N-dealkylation sites (tertiary alicyclic amines) is 1. The second-order valence-electron chi connectivity index (χ2n) is 6.99. The summed E-state index contributed by atoms with van der Waals surface area (Å²) < 4.78 is 7.15. The summed E-state index contributed by atoms with van der Waals surface area (Å²) in [5.74, 6) is 0.307. The van der Waals surface area contributed by atoms with Crippen molar-refractivity contribution in [2.45, 2.75) is 26.1 Å². The third kappa shape index (κ3) is 4.31. The van der Waals surface area contributed by atoms with Crippen LogP contribution < -0.4 is 5.32 Å². The van der Waals surface area contributed by atoms with Gasteiger partial charge in [-0.3, -0.25) is 14.3 Å². The van der Waals surface area contributed by atoms with Gasteiger partial charge in [-0.15, -0.1) is 0 Å². The summed E-state index contributed by atoms with van der Waals surface area (Å²) in [5.41, 5.74) is 2.17.